The first-order chi connectivity index (χ1) is 6.36. The van der Waals surface area contributed by atoms with Gasteiger partial charge < -0.3 is 5.32 Å². The van der Waals surface area contributed by atoms with Crippen molar-refractivity contribution in [2.45, 2.75) is 39.3 Å². The van der Waals surface area contributed by atoms with Crippen molar-refractivity contribution in [3.63, 3.8) is 0 Å². The van der Waals surface area contributed by atoms with Gasteiger partial charge in [-0.15, -0.1) is 12.4 Å². The molecular formula is C11H15ClN2. The molecule has 2 nitrogen and oxygen atoms in total. The Morgan fingerprint density at radius 1 is 1.07 bits per heavy atom. The van der Waals surface area contributed by atoms with Gasteiger partial charge in [-0.05, 0) is 42.9 Å². The molecule has 1 aliphatic heterocycles. The van der Waals surface area contributed by atoms with Crippen LogP contribution in [0.3, 0.4) is 0 Å². The minimum absolute atomic E-state index is 0. The summed E-state index contributed by atoms with van der Waals surface area (Å²) in [6, 6.07) is 0. The molecule has 1 N–H and O–H groups in total. The van der Waals surface area contributed by atoms with E-state index in [1.807, 2.05) is 0 Å². The molecule has 0 aromatic carbocycles. The highest BCUT2D eigenvalue weighted by molar-refractivity contribution is 5.85. The summed E-state index contributed by atoms with van der Waals surface area (Å²) in [7, 11) is 0. The van der Waals surface area contributed by atoms with Crippen LogP contribution in [0.5, 0.6) is 0 Å². The molecule has 0 unspecified atom stereocenters. The first-order valence-corrected chi connectivity index (χ1v) is 5.07. The maximum Gasteiger partial charge on any atom is 0.0442 e. The van der Waals surface area contributed by atoms with Crippen LogP contribution < -0.4 is 5.32 Å². The minimum atomic E-state index is 0. The maximum atomic E-state index is 4.69. The lowest BCUT2D eigenvalue weighted by Crippen LogP contribution is -2.00. The normalized spacial score (nSPS) is 17.5. The molecular weight excluding hydrogens is 196 g/mol. The Hall–Kier alpha value is -0.600. The second-order valence-electron chi connectivity index (χ2n) is 4.04. The predicted molar refractivity (Wildman–Crippen MR) is 58.8 cm³/mol. The number of rotatable bonds is 0. The van der Waals surface area contributed by atoms with Gasteiger partial charge in [0.15, 0.2) is 0 Å². The fraction of sp³-hybridized carbons (Fsp3) is 0.545. The number of halogens is 1. The largest absolute Gasteiger partial charge is 0.309 e. The van der Waals surface area contributed by atoms with Gasteiger partial charge in [0.25, 0.3) is 0 Å². The topological polar surface area (TPSA) is 24.9 Å². The molecule has 0 radical (unpaired) electrons. The van der Waals surface area contributed by atoms with Crippen molar-refractivity contribution >= 4 is 12.4 Å². The van der Waals surface area contributed by atoms with Crippen LogP contribution in [0.25, 0.3) is 0 Å². The summed E-state index contributed by atoms with van der Waals surface area (Å²) in [4.78, 5) is 4.69. The summed E-state index contributed by atoms with van der Waals surface area (Å²) in [5, 5.41) is 3.42. The Bertz CT molecular complexity index is 374. The lowest BCUT2D eigenvalue weighted by atomic mass is 10.0. The summed E-state index contributed by atoms with van der Waals surface area (Å²) < 4.78 is 0. The standard InChI is InChI=1S/C11H14N2.ClH/c1-7-9-5-12-6-10(9)8-3-2-4-11(8)13-7;/h12H,2-6H2,1H3;1H. The highest BCUT2D eigenvalue weighted by Gasteiger charge is 2.23. The van der Waals surface area contributed by atoms with Gasteiger partial charge in [-0.1, -0.05) is 0 Å². The van der Waals surface area contributed by atoms with Crippen molar-refractivity contribution in [1.82, 2.24) is 10.3 Å². The molecule has 2 heterocycles. The van der Waals surface area contributed by atoms with Crippen LogP contribution in [0.2, 0.25) is 0 Å². The lowest BCUT2D eigenvalue weighted by Gasteiger charge is -2.08. The summed E-state index contributed by atoms with van der Waals surface area (Å²) in [6.07, 6.45) is 3.76. The van der Waals surface area contributed by atoms with Crippen LogP contribution in [0.4, 0.5) is 0 Å². The van der Waals surface area contributed by atoms with Gasteiger partial charge in [-0.3, -0.25) is 4.98 Å². The van der Waals surface area contributed by atoms with Crippen molar-refractivity contribution in [2.75, 3.05) is 0 Å². The van der Waals surface area contributed by atoms with Crippen LogP contribution in [0, 0.1) is 6.92 Å². The Labute approximate surface area is 90.5 Å². The van der Waals surface area contributed by atoms with E-state index in [1.54, 1.807) is 11.1 Å². The van der Waals surface area contributed by atoms with Gasteiger partial charge in [0.05, 0.1) is 0 Å². The summed E-state index contributed by atoms with van der Waals surface area (Å²) in [5.41, 5.74) is 7.23. The summed E-state index contributed by atoms with van der Waals surface area (Å²) >= 11 is 0. The molecule has 0 fully saturated rings. The predicted octanol–water partition coefficient (Wildman–Crippen LogP) is 1.90. The molecule has 0 atom stereocenters. The average molecular weight is 211 g/mol. The summed E-state index contributed by atoms with van der Waals surface area (Å²) in [5.74, 6) is 0. The molecule has 14 heavy (non-hydrogen) atoms. The highest BCUT2D eigenvalue weighted by Crippen LogP contribution is 2.30. The molecule has 1 aliphatic carbocycles. The number of aromatic nitrogens is 1. The zero-order chi connectivity index (χ0) is 8.84. The molecule has 0 spiro atoms. The van der Waals surface area contributed by atoms with Gasteiger partial charge in [0, 0.05) is 24.5 Å². The third kappa shape index (κ3) is 1.25. The smallest absolute Gasteiger partial charge is 0.0442 e. The van der Waals surface area contributed by atoms with Crippen LogP contribution in [0.1, 0.15) is 34.5 Å². The molecule has 1 aromatic rings. The van der Waals surface area contributed by atoms with Gasteiger partial charge in [-0.25, -0.2) is 0 Å². The van der Waals surface area contributed by atoms with Crippen molar-refractivity contribution in [3.8, 4) is 0 Å². The van der Waals surface area contributed by atoms with Crippen LogP contribution in [-0.4, -0.2) is 4.98 Å². The Morgan fingerprint density at radius 2 is 1.86 bits per heavy atom. The van der Waals surface area contributed by atoms with E-state index in [2.05, 4.69) is 17.2 Å². The molecule has 0 saturated carbocycles. The van der Waals surface area contributed by atoms with Crippen LogP contribution >= 0.6 is 12.4 Å². The number of fused-ring (bicyclic) bond motifs is 3. The number of nitrogens with zero attached hydrogens (tertiary/aromatic N) is 1. The fourth-order valence-electron chi connectivity index (χ4n) is 2.61. The molecule has 1 aromatic heterocycles. The molecule has 76 valence electrons. The van der Waals surface area contributed by atoms with Crippen molar-refractivity contribution in [2.24, 2.45) is 0 Å². The second kappa shape index (κ2) is 3.52. The fourth-order valence-corrected chi connectivity index (χ4v) is 2.61. The number of pyridine rings is 1. The van der Waals surface area contributed by atoms with E-state index < -0.39 is 0 Å². The van der Waals surface area contributed by atoms with Crippen LogP contribution in [0.15, 0.2) is 0 Å². The monoisotopic (exact) mass is 210 g/mol. The Kier molecular flexibility index (Phi) is 2.50. The van der Waals surface area contributed by atoms with Crippen LogP contribution in [-0.2, 0) is 25.9 Å². The third-order valence-electron chi connectivity index (χ3n) is 3.26. The van der Waals surface area contributed by atoms with Gasteiger partial charge in [0.1, 0.15) is 0 Å². The van der Waals surface area contributed by atoms with E-state index in [4.69, 9.17) is 0 Å². The van der Waals surface area contributed by atoms with E-state index in [-0.39, 0.29) is 12.4 Å². The third-order valence-corrected chi connectivity index (χ3v) is 3.26. The van der Waals surface area contributed by atoms with E-state index in [0.717, 1.165) is 13.1 Å². The van der Waals surface area contributed by atoms with E-state index in [1.165, 1.54) is 36.2 Å². The molecule has 3 heteroatoms. The second-order valence-corrected chi connectivity index (χ2v) is 4.04. The zero-order valence-electron chi connectivity index (χ0n) is 8.39. The maximum absolute atomic E-state index is 4.69. The highest BCUT2D eigenvalue weighted by atomic mass is 35.5. The molecule has 2 aliphatic rings. The number of aryl methyl sites for hydroxylation is 2. The van der Waals surface area contributed by atoms with E-state index in [0.29, 0.717) is 0 Å². The zero-order valence-corrected chi connectivity index (χ0v) is 9.21. The Morgan fingerprint density at radius 3 is 2.71 bits per heavy atom. The quantitative estimate of drug-likeness (QED) is 0.708. The summed E-state index contributed by atoms with van der Waals surface area (Å²) in [6.45, 7) is 4.24. The van der Waals surface area contributed by atoms with E-state index in [9.17, 15) is 0 Å². The van der Waals surface area contributed by atoms with E-state index >= 15 is 0 Å². The molecule has 3 rings (SSSR count). The first-order valence-electron chi connectivity index (χ1n) is 5.07. The minimum Gasteiger partial charge on any atom is -0.309 e. The SMILES string of the molecule is Cc1nc2c(c3c1CNC3)CCC2.Cl. The Balaban J connectivity index is 0.000000750. The van der Waals surface area contributed by atoms with Gasteiger partial charge >= 0.3 is 0 Å². The first kappa shape index (κ1) is 9.94. The molecule has 0 amide bonds. The van der Waals surface area contributed by atoms with Crippen molar-refractivity contribution < 1.29 is 0 Å². The average Bonchev–Trinajstić information content (AvgIpc) is 2.66. The van der Waals surface area contributed by atoms with Crippen molar-refractivity contribution in [1.29, 1.82) is 0 Å². The molecule has 0 bridgehead atoms. The number of hydrogen-bond donors (Lipinski definition) is 1. The van der Waals surface area contributed by atoms with Crippen molar-refractivity contribution in [3.05, 3.63) is 28.1 Å². The van der Waals surface area contributed by atoms with Gasteiger partial charge in [0.2, 0.25) is 0 Å². The number of hydrogen-bond acceptors (Lipinski definition) is 2. The number of nitrogens with one attached hydrogen (secondary N) is 1. The lowest BCUT2D eigenvalue weighted by molar-refractivity contribution is 0.759. The van der Waals surface area contributed by atoms with Gasteiger partial charge in [-0.2, -0.15) is 0 Å². The molecule has 0 saturated heterocycles.